The van der Waals surface area contributed by atoms with Gasteiger partial charge in [0.2, 0.25) is 0 Å². The summed E-state index contributed by atoms with van der Waals surface area (Å²) >= 11 is 0. The maximum atomic E-state index is 2.40. The summed E-state index contributed by atoms with van der Waals surface area (Å²) in [7, 11) is 0. The van der Waals surface area contributed by atoms with Gasteiger partial charge in [0.15, 0.2) is 0 Å². The maximum absolute atomic E-state index is 2.40. The molecule has 9 aromatic carbocycles. The minimum Gasteiger partial charge on any atom is -0.311 e. The largest absolute Gasteiger partial charge is 0.311 e. The number of benzene rings is 9. The number of fused-ring (bicyclic) bond motifs is 1. The van der Waals surface area contributed by atoms with Crippen molar-refractivity contribution in [1.82, 2.24) is 0 Å². The highest BCUT2D eigenvalue weighted by atomic mass is 15.2. The van der Waals surface area contributed by atoms with Crippen molar-refractivity contribution in [2.45, 2.75) is 12.3 Å². The van der Waals surface area contributed by atoms with Gasteiger partial charge in [0, 0.05) is 39.8 Å². The van der Waals surface area contributed by atoms with Crippen LogP contribution in [0.4, 0.5) is 28.4 Å². The van der Waals surface area contributed by atoms with Crippen LogP contribution in [-0.4, -0.2) is 0 Å². The van der Waals surface area contributed by atoms with Gasteiger partial charge in [0.25, 0.3) is 0 Å². The Morgan fingerprint density at radius 1 is 0.333 bits per heavy atom. The van der Waals surface area contributed by atoms with Crippen LogP contribution in [0, 0.1) is 0 Å². The minimum absolute atomic E-state index is 0.272. The van der Waals surface area contributed by atoms with E-state index < -0.39 is 0 Å². The van der Waals surface area contributed by atoms with Crippen LogP contribution in [0.2, 0.25) is 0 Å². The van der Waals surface area contributed by atoms with Crippen LogP contribution in [0.15, 0.2) is 254 Å². The quantitative estimate of drug-likeness (QED) is 0.137. The van der Waals surface area contributed by atoms with Crippen molar-refractivity contribution in [2.24, 2.45) is 0 Å². The Labute approximate surface area is 353 Å². The Morgan fingerprint density at radius 2 is 0.750 bits per heavy atom. The molecular formula is C58H44N2. The van der Waals surface area contributed by atoms with Crippen LogP contribution in [0.5, 0.6) is 0 Å². The van der Waals surface area contributed by atoms with E-state index in [1.165, 1.54) is 61.1 Å². The first-order chi connectivity index (χ1) is 29.7. The molecule has 9 aromatic rings. The maximum Gasteiger partial charge on any atom is 0.0540 e. The molecule has 0 radical (unpaired) electrons. The molecule has 1 aliphatic rings. The van der Waals surface area contributed by atoms with Crippen molar-refractivity contribution in [2.75, 3.05) is 9.80 Å². The van der Waals surface area contributed by atoms with E-state index in [1.807, 2.05) is 0 Å². The summed E-state index contributed by atoms with van der Waals surface area (Å²) in [5.41, 5.74) is 15.4. The summed E-state index contributed by atoms with van der Waals surface area (Å²) < 4.78 is 0. The molecule has 0 spiro atoms. The van der Waals surface area contributed by atoms with Gasteiger partial charge in [0.1, 0.15) is 0 Å². The van der Waals surface area contributed by atoms with Gasteiger partial charge in [-0.25, -0.2) is 0 Å². The lowest BCUT2D eigenvalue weighted by atomic mass is 9.91. The van der Waals surface area contributed by atoms with E-state index in [4.69, 9.17) is 0 Å². The molecule has 1 unspecified atom stereocenters. The number of allylic oxidation sites excluding steroid dienone is 3. The fourth-order valence-electron chi connectivity index (χ4n) is 8.47. The zero-order valence-corrected chi connectivity index (χ0v) is 33.4. The first-order valence-corrected chi connectivity index (χ1v) is 20.8. The molecule has 2 heteroatoms. The van der Waals surface area contributed by atoms with E-state index in [9.17, 15) is 0 Å². The summed E-state index contributed by atoms with van der Waals surface area (Å²) in [6, 6.07) is 82.9. The molecule has 0 fully saturated rings. The summed E-state index contributed by atoms with van der Waals surface area (Å²) in [4.78, 5) is 4.75. The SMILES string of the molecule is C1=CC(c2ccc(N(c3ccccc3)c3cccc4ccccc34)cc2)CC=C1N(c1ccc(-c2ccccc2)cc1)c1ccc(-c2ccc(-c3ccccc3)cc2)cc1. The van der Waals surface area contributed by atoms with E-state index >= 15 is 0 Å². The summed E-state index contributed by atoms with van der Waals surface area (Å²) in [6.45, 7) is 0. The molecule has 286 valence electrons. The standard InChI is InChI=1S/C58H44N2/c1-4-13-43(14-5-1)45-23-25-46(26-24-45)48-29-37-54(38-30-48)59(53-35-27-47(28-36-53)44-15-6-2-7-16-44)55-39-31-49(32-40-55)50-33-41-56(42-34-50)60(52-19-8-3-9-20-52)58-22-12-18-51-17-10-11-21-57(51)58/h1-31,33-42,49H,32H2. The zero-order chi connectivity index (χ0) is 40.1. The summed E-state index contributed by atoms with van der Waals surface area (Å²) in [5.74, 6) is 0.272. The van der Waals surface area contributed by atoms with Gasteiger partial charge in [-0.2, -0.15) is 0 Å². The molecule has 0 bridgehead atoms. The third kappa shape index (κ3) is 7.55. The molecule has 1 atom stereocenters. The van der Waals surface area contributed by atoms with E-state index in [0.717, 1.165) is 29.2 Å². The molecule has 2 nitrogen and oxygen atoms in total. The van der Waals surface area contributed by atoms with E-state index in [2.05, 4.69) is 259 Å². The topological polar surface area (TPSA) is 6.48 Å². The molecule has 60 heavy (non-hydrogen) atoms. The first kappa shape index (κ1) is 36.6. The normalized spacial score (nSPS) is 13.5. The van der Waals surface area contributed by atoms with Gasteiger partial charge in [-0.1, -0.05) is 188 Å². The van der Waals surface area contributed by atoms with E-state index in [-0.39, 0.29) is 5.92 Å². The van der Waals surface area contributed by atoms with Crippen LogP contribution in [0.1, 0.15) is 17.9 Å². The molecular weight excluding hydrogens is 725 g/mol. The number of nitrogens with zero attached hydrogens (tertiary/aromatic N) is 2. The molecule has 0 aromatic heterocycles. The fraction of sp³-hybridized carbons (Fsp3) is 0.0345. The second-order valence-corrected chi connectivity index (χ2v) is 15.3. The monoisotopic (exact) mass is 768 g/mol. The molecule has 10 rings (SSSR count). The molecule has 0 heterocycles. The van der Waals surface area contributed by atoms with Crippen LogP contribution in [0.3, 0.4) is 0 Å². The zero-order valence-electron chi connectivity index (χ0n) is 33.4. The Hall–Kier alpha value is -7.68. The Morgan fingerprint density at radius 3 is 1.28 bits per heavy atom. The van der Waals surface area contributed by atoms with Gasteiger partial charge < -0.3 is 9.80 Å². The lowest BCUT2D eigenvalue weighted by molar-refractivity contribution is 0.840. The molecule has 0 N–H and O–H groups in total. The average Bonchev–Trinajstić information content (AvgIpc) is 3.34. The van der Waals surface area contributed by atoms with Crippen LogP contribution in [0.25, 0.3) is 44.2 Å². The molecule has 1 aliphatic carbocycles. The fourth-order valence-corrected chi connectivity index (χ4v) is 8.47. The van der Waals surface area contributed by atoms with Gasteiger partial charge in [-0.3, -0.25) is 0 Å². The predicted molar refractivity (Wildman–Crippen MR) is 255 cm³/mol. The second-order valence-electron chi connectivity index (χ2n) is 15.3. The molecule has 0 saturated carbocycles. The van der Waals surface area contributed by atoms with E-state index in [1.54, 1.807) is 0 Å². The summed E-state index contributed by atoms with van der Waals surface area (Å²) in [5, 5.41) is 2.46. The minimum atomic E-state index is 0.272. The summed E-state index contributed by atoms with van der Waals surface area (Å²) in [6.07, 6.45) is 7.97. The van der Waals surface area contributed by atoms with Crippen molar-refractivity contribution >= 4 is 39.2 Å². The highest BCUT2D eigenvalue weighted by Crippen LogP contribution is 2.41. The highest BCUT2D eigenvalue weighted by molar-refractivity contribution is 5.98. The van der Waals surface area contributed by atoms with Crippen LogP contribution in [-0.2, 0) is 0 Å². The van der Waals surface area contributed by atoms with Gasteiger partial charge >= 0.3 is 0 Å². The number of anilines is 5. The average molecular weight is 769 g/mol. The van der Waals surface area contributed by atoms with Crippen molar-refractivity contribution in [1.29, 1.82) is 0 Å². The van der Waals surface area contributed by atoms with Crippen LogP contribution < -0.4 is 9.80 Å². The molecule has 0 amide bonds. The molecule has 0 saturated heterocycles. The Balaban J connectivity index is 0.931. The smallest absolute Gasteiger partial charge is 0.0540 e. The third-order valence-corrected chi connectivity index (χ3v) is 11.6. The van der Waals surface area contributed by atoms with Crippen molar-refractivity contribution in [3.8, 4) is 33.4 Å². The molecule has 0 aliphatic heterocycles. The Bertz CT molecular complexity index is 2890. The van der Waals surface area contributed by atoms with Gasteiger partial charge in [-0.05, 0) is 111 Å². The number of rotatable bonds is 10. The lowest BCUT2D eigenvalue weighted by Gasteiger charge is -2.30. The highest BCUT2D eigenvalue weighted by Gasteiger charge is 2.20. The third-order valence-electron chi connectivity index (χ3n) is 11.6. The second kappa shape index (κ2) is 16.7. The number of hydrogen-bond donors (Lipinski definition) is 0. The first-order valence-electron chi connectivity index (χ1n) is 20.8. The number of para-hydroxylation sites is 1. The Kier molecular flexibility index (Phi) is 10.2. The number of hydrogen-bond acceptors (Lipinski definition) is 2. The van der Waals surface area contributed by atoms with Crippen molar-refractivity contribution in [3.05, 3.63) is 260 Å². The van der Waals surface area contributed by atoms with Gasteiger partial charge in [-0.15, -0.1) is 0 Å². The van der Waals surface area contributed by atoms with E-state index in [0.29, 0.717) is 0 Å². The van der Waals surface area contributed by atoms with Crippen LogP contribution >= 0.6 is 0 Å². The van der Waals surface area contributed by atoms with Crippen molar-refractivity contribution < 1.29 is 0 Å². The van der Waals surface area contributed by atoms with Gasteiger partial charge in [0.05, 0.1) is 5.69 Å². The predicted octanol–water partition coefficient (Wildman–Crippen LogP) is 16.1. The van der Waals surface area contributed by atoms with Crippen molar-refractivity contribution in [3.63, 3.8) is 0 Å². The lowest BCUT2D eigenvalue weighted by Crippen LogP contribution is -2.17.